The highest BCUT2D eigenvalue weighted by Crippen LogP contribution is 2.29. The molecule has 0 atom stereocenters. The summed E-state index contributed by atoms with van der Waals surface area (Å²) in [5.74, 6) is 0.326. The molecule has 1 N–H and O–H groups in total. The fourth-order valence-electron chi connectivity index (χ4n) is 2.81. The molecule has 8 nitrogen and oxygen atoms in total. The third-order valence-electron chi connectivity index (χ3n) is 4.37. The van der Waals surface area contributed by atoms with Gasteiger partial charge in [-0.2, -0.15) is 4.99 Å². The molecule has 164 valence electrons. The highest BCUT2D eigenvalue weighted by Gasteiger charge is 2.17. The number of nitrogens with zero attached hydrogens (tertiary/aromatic N) is 2. The fourth-order valence-corrected chi connectivity index (χ4v) is 4.60. The molecule has 0 unspecified atom stereocenters. The zero-order valence-corrected chi connectivity index (χ0v) is 18.8. The van der Waals surface area contributed by atoms with Gasteiger partial charge in [0.05, 0.1) is 19.1 Å². The van der Waals surface area contributed by atoms with Gasteiger partial charge in [-0.3, -0.25) is 4.79 Å². The van der Waals surface area contributed by atoms with Crippen molar-refractivity contribution in [1.82, 2.24) is 9.29 Å². The molecule has 1 amide bonds. The Hall–Kier alpha value is -2.95. The standard InChI is InChI=1S/C21H23N3O5S2/c1-28-18-9-8-17(14-19(18)29-2)31(26,27)22-11-10-20(25)23-21-24(12-13-30-21)15-16-6-4-3-5-7-16/h3-9,12-14,22H,10-11,15H2,1-2H3. The molecule has 1 aromatic heterocycles. The van der Waals surface area contributed by atoms with Crippen molar-refractivity contribution in [2.24, 2.45) is 4.99 Å². The van der Waals surface area contributed by atoms with Gasteiger partial charge in [0.15, 0.2) is 16.3 Å². The summed E-state index contributed by atoms with van der Waals surface area (Å²) in [6.45, 7) is 0.533. The number of nitrogens with one attached hydrogen (secondary N) is 1. The molecule has 10 heteroatoms. The largest absolute Gasteiger partial charge is 0.493 e. The second kappa shape index (κ2) is 10.4. The maximum absolute atomic E-state index is 12.5. The highest BCUT2D eigenvalue weighted by atomic mass is 32.2. The first-order chi connectivity index (χ1) is 14.9. The maximum atomic E-state index is 12.5. The summed E-state index contributed by atoms with van der Waals surface area (Å²) in [5.41, 5.74) is 1.09. The maximum Gasteiger partial charge on any atom is 0.249 e. The molecule has 3 aromatic rings. The number of ether oxygens (including phenoxy) is 2. The summed E-state index contributed by atoms with van der Waals surface area (Å²) in [4.78, 5) is 17.0. The minimum absolute atomic E-state index is 0.0218. The van der Waals surface area contributed by atoms with E-state index in [4.69, 9.17) is 9.47 Å². The van der Waals surface area contributed by atoms with Crippen LogP contribution < -0.4 is 19.0 Å². The van der Waals surface area contributed by atoms with Crippen LogP contribution in [-0.2, 0) is 21.4 Å². The highest BCUT2D eigenvalue weighted by molar-refractivity contribution is 7.89. The molecule has 0 aliphatic rings. The van der Waals surface area contributed by atoms with Crippen molar-refractivity contribution in [3.8, 4) is 11.5 Å². The minimum Gasteiger partial charge on any atom is -0.493 e. The first kappa shape index (κ1) is 22.7. The van der Waals surface area contributed by atoms with Crippen LogP contribution in [0.3, 0.4) is 0 Å². The first-order valence-electron chi connectivity index (χ1n) is 9.40. The number of carbonyl (C=O) groups excluding carboxylic acids is 1. The Morgan fingerprint density at radius 1 is 1.10 bits per heavy atom. The Balaban J connectivity index is 1.62. The fraction of sp³-hybridized carbons (Fsp3) is 0.238. The quantitative estimate of drug-likeness (QED) is 0.528. The van der Waals surface area contributed by atoms with Crippen LogP contribution in [0.1, 0.15) is 12.0 Å². The molecule has 1 heterocycles. The van der Waals surface area contributed by atoms with Crippen molar-refractivity contribution in [1.29, 1.82) is 0 Å². The number of thiazole rings is 1. The van der Waals surface area contributed by atoms with Crippen molar-refractivity contribution < 1.29 is 22.7 Å². The molecule has 2 aromatic carbocycles. The van der Waals surface area contributed by atoms with Gasteiger partial charge < -0.3 is 14.0 Å². The Labute approximate surface area is 184 Å². The van der Waals surface area contributed by atoms with Crippen molar-refractivity contribution >= 4 is 27.3 Å². The third kappa shape index (κ3) is 6.03. The van der Waals surface area contributed by atoms with E-state index in [1.165, 1.54) is 43.8 Å². The van der Waals surface area contributed by atoms with Crippen LogP contribution in [0.5, 0.6) is 11.5 Å². The first-order valence-corrected chi connectivity index (χ1v) is 11.8. The van der Waals surface area contributed by atoms with Crippen molar-refractivity contribution in [2.75, 3.05) is 20.8 Å². The number of aromatic nitrogens is 1. The molecule has 0 aliphatic carbocycles. The van der Waals surface area contributed by atoms with Crippen LogP contribution in [0.25, 0.3) is 0 Å². The number of amides is 1. The summed E-state index contributed by atoms with van der Waals surface area (Å²) < 4.78 is 39.6. The molecule has 0 saturated heterocycles. The summed E-state index contributed by atoms with van der Waals surface area (Å²) in [5, 5.41) is 1.86. The van der Waals surface area contributed by atoms with Gasteiger partial charge in [-0.1, -0.05) is 30.3 Å². The summed E-state index contributed by atoms with van der Waals surface area (Å²) >= 11 is 1.35. The molecule has 31 heavy (non-hydrogen) atoms. The zero-order valence-electron chi connectivity index (χ0n) is 17.1. The smallest absolute Gasteiger partial charge is 0.249 e. The van der Waals surface area contributed by atoms with Crippen molar-refractivity contribution in [3.05, 3.63) is 70.5 Å². The van der Waals surface area contributed by atoms with Gasteiger partial charge in [-0.05, 0) is 17.7 Å². The van der Waals surface area contributed by atoms with Crippen LogP contribution in [0.4, 0.5) is 0 Å². The van der Waals surface area contributed by atoms with Crippen LogP contribution in [-0.4, -0.2) is 39.7 Å². The lowest BCUT2D eigenvalue weighted by Gasteiger charge is -2.10. The molecule has 0 radical (unpaired) electrons. The van der Waals surface area contributed by atoms with E-state index in [0.29, 0.717) is 22.8 Å². The van der Waals surface area contributed by atoms with E-state index in [9.17, 15) is 13.2 Å². The second-order valence-electron chi connectivity index (χ2n) is 6.47. The van der Waals surface area contributed by atoms with Gasteiger partial charge in [0.1, 0.15) is 0 Å². The Kier molecular flexibility index (Phi) is 7.61. The van der Waals surface area contributed by atoms with E-state index < -0.39 is 15.9 Å². The third-order valence-corrected chi connectivity index (χ3v) is 6.63. The second-order valence-corrected chi connectivity index (χ2v) is 9.11. The van der Waals surface area contributed by atoms with E-state index >= 15 is 0 Å². The summed E-state index contributed by atoms with van der Waals surface area (Å²) in [6.07, 6.45) is 1.80. The Morgan fingerprint density at radius 2 is 1.84 bits per heavy atom. The number of hydrogen-bond acceptors (Lipinski definition) is 6. The Morgan fingerprint density at radius 3 is 2.55 bits per heavy atom. The van der Waals surface area contributed by atoms with Gasteiger partial charge in [-0.25, -0.2) is 13.1 Å². The lowest BCUT2D eigenvalue weighted by molar-refractivity contribution is -0.117. The number of sulfonamides is 1. The van der Waals surface area contributed by atoms with Gasteiger partial charge in [0, 0.05) is 37.2 Å². The van der Waals surface area contributed by atoms with Crippen molar-refractivity contribution in [2.45, 2.75) is 17.9 Å². The lowest BCUT2D eigenvalue weighted by atomic mass is 10.2. The van der Waals surface area contributed by atoms with Gasteiger partial charge in [0.2, 0.25) is 15.9 Å². The number of hydrogen-bond donors (Lipinski definition) is 1. The number of methoxy groups -OCH3 is 2. The molecule has 0 saturated carbocycles. The zero-order chi connectivity index (χ0) is 22.3. The van der Waals surface area contributed by atoms with Crippen LogP contribution in [0.2, 0.25) is 0 Å². The molecule has 0 fully saturated rings. The molecule has 0 spiro atoms. The number of carbonyl (C=O) groups is 1. The van der Waals surface area contributed by atoms with E-state index in [1.807, 2.05) is 46.5 Å². The molecule has 0 aliphatic heterocycles. The number of benzene rings is 2. The predicted molar refractivity (Wildman–Crippen MR) is 118 cm³/mol. The van der Waals surface area contributed by atoms with E-state index in [0.717, 1.165) is 5.56 Å². The van der Waals surface area contributed by atoms with Gasteiger partial charge >= 0.3 is 0 Å². The topological polar surface area (TPSA) is 99.0 Å². The predicted octanol–water partition coefficient (Wildman–Crippen LogP) is 2.41. The lowest BCUT2D eigenvalue weighted by Crippen LogP contribution is -2.26. The molecule has 0 bridgehead atoms. The van der Waals surface area contributed by atoms with Gasteiger partial charge in [0.25, 0.3) is 0 Å². The van der Waals surface area contributed by atoms with Crippen molar-refractivity contribution in [3.63, 3.8) is 0 Å². The van der Waals surface area contributed by atoms with Crippen LogP contribution in [0, 0.1) is 0 Å². The average molecular weight is 462 g/mol. The van der Waals surface area contributed by atoms with Crippen LogP contribution >= 0.6 is 11.3 Å². The average Bonchev–Trinajstić information content (AvgIpc) is 3.20. The summed E-state index contributed by atoms with van der Waals surface area (Å²) in [6, 6.07) is 14.1. The Bertz CT molecular complexity index is 1200. The SMILES string of the molecule is COc1ccc(S(=O)(=O)NCCC(=O)N=c2sccn2Cc2ccccc2)cc1OC. The monoisotopic (exact) mass is 461 g/mol. The molecule has 3 rings (SSSR count). The normalized spacial score (nSPS) is 12.0. The van der Waals surface area contributed by atoms with Gasteiger partial charge in [-0.15, -0.1) is 11.3 Å². The van der Waals surface area contributed by atoms with Crippen LogP contribution in [0.15, 0.2) is 70.0 Å². The minimum atomic E-state index is -3.81. The van der Waals surface area contributed by atoms with E-state index in [2.05, 4.69) is 9.71 Å². The van der Waals surface area contributed by atoms with E-state index in [-0.39, 0.29) is 17.9 Å². The van der Waals surface area contributed by atoms with E-state index in [1.54, 1.807) is 0 Å². The molecular weight excluding hydrogens is 438 g/mol. The number of rotatable bonds is 9. The molecular formula is C21H23N3O5S2. The summed E-state index contributed by atoms with van der Waals surface area (Å²) in [7, 11) is -0.911.